The van der Waals surface area contributed by atoms with Gasteiger partial charge in [-0.15, -0.1) is 6.58 Å². The van der Waals surface area contributed by atoms with Gasteiger partial charge in [0.15, 0.2) is 0 Å². The second kappa shape index (κ2) is 14.6. The zero-order valence-corrected chi connectivity index (χ0v) is 27.1. The van der Waals surface area contributed by atoms with Crippen molar-refractivity contribution in [2.24, 2.45) is 0 Å². The molecule has 0 aliphatic carbocycles. The number of hydrazine groups is 1. The van der Waals surface area contributed by atoms with Crippen molar-refractivity contribution in [2.45, 2.75) is 38.0 Å². The van der Waals surface area contributed by atoms with Crippen molar-refractivity contribution in [1.82, 2.24) is 19.8 Å². The smallest absolute Gasteiger partial charge is 0.246 e. The van der Waals surface area contributed by atoms with Gasteiger partial charge in [0.1, 0.15) is 23.7 Å². The number of hydrogen-bond acceptors (Lipinski definition) is 6. The van der Waals surface area contributed by atoms with Gasteiger partial charge in [0.05, 0.1) is 20.2 Å². The molecule has 3 amide bonds. The number of rotatable bonds is 11. The van der Waals surface area contributed by atoms with Crippen LogP contribution in [-0.4, -0.2) is 81.6 Å². The normalized spacial score (nSPS) is 18.1. The largest absolute Gasteiger partial charge is 0.508 e. The van der Waals surface area contributed by atoms with Crippen molar-refractivity contribution >= 4 is 17.7 Å². The average molecular weight is 645 g/mol. The summed E-state index contributed by atoms with van der Waals surface area (Å²) in [6.45, 7) is 4.59. The number of hydrogen-bond donors (Lipinski definition) is 1. The molecule has 0 unspecified atom stereocenters. The van der Waals surface area contributed by atoms with Crippen LogP contribution < -0.4 is 4.74 Å². The Kier molecular flexibility index (Phi) is 9.87. The zero-order valence-electron chi connectivity index (χ0n) is 27.1. The molecule has 0 radical (unpaired) electrons. The Labute approximate surface area is 281 Å². The molecule has 2 aliphatic heterocycles. The molecule has 0 spiro atoms. The minimum Gasteiger partial charge on any atom is -0.508 e. The second-order valence-electron chi connectivity index (χ2n) is 12.1. The number of ether oxygens (including phenoxy) is 1. The fourth-order valence-electron chi connectivity index (χ4n) is 6.71. The fourth-order valence-corrected chi connectivity index (χ4v) is 6.71. The van der Waals surface area contributed by atoms with Gasteiger partial charge in [0.25, 0.3) is 0 Å². The first-order valence-corrected chi connectivity index (χ1v) is 16.2. The maximum atomic E-state index is 14.4. The Morgan fingerprint density at radius 2 is 1.65 bits per heavy atom. The van der Waals surface area contributed by atoms with Crippen molar-refractivity contribution < 1.29 is 24.2 Å². The number of fused-ring (bicyclic) bond motifs is 1. The molecule has 246 valence electrons. The fraction of sp³-hybridized carbons (Fsp3) is 0.256. The number of benzene rings is 4. The van der Waals surface area contributed by atoms with Crippen LogP contribution in [-0.2, 0) is 33.8 Å². The SMILES string of the molecule is C=CCN1CC(=O)N2[C@@H](Cc3ccc(O)cc3)C(=O)N(Cc3cccc(-c4ccccc4OC)c3)C[C@@H]2N1C(=O)CCc1ccccc1. The highest BCUT2D eigenvalue weighted by atomic mass is 16.5. The summed E-state index contributed by atoms with van der Waals surface area (Å²) in [7, 11) is 1.64. The minimum atomic E-state index is -0.839. The minimum absolute atomic E-state index is 0.0418. The van der Waals surface area contributed by atoms with Crippen LogP contribution in [0.25, 0.3) is 11.1 Å². The van der Waals surface area contributed by atoms with E-state index in [0.717, 1.165) is 33.6 Å². The number of aromatic hydroxyl groups is 1. The maximum absolute atomic E-state index is 14.4. The number of phenolic OH excluding ortho intramolecular Hbond substituents is 1. The molecule has 0 aromatic heterocycles. The summed E-state index contributed by atoms with van der Waals surface area (Å²) in [6.07, 6.45) is 2.02. The standard InChI is InChI=1S/C39H40N4O5/c1-3-22-41-27-38(46)42-34(24-29-16-19-32(44)20-17-29)39(47)40(26-36(42)43(41)37(45)21-18-28-10-5-4-6-11-28)25-30-12-9-13-31(23-30)33-14-7-8-15-35(33)48-2/h3-17,19-20,23,34,36,44H,1,18,21-22,24-27H2,2H3/t34-,36-/m0/s1. The van der Waals surface area contributed by atoms with Gasteiger partial charge in [-0.2, -0.15) is 0 Å². The molecule has 0 saturated carbocycles. The Morgan fingerprint density at radius 1 is 0.917 bits per heavy atom. The first-order chi connectivity index (χ1) is 23.4. The molecule has 9 nitrogen and oxygen atoms in total. The summed E-state index contributed by atoms with van der Waals surface area (Å²) in [6, 6.07) is 31.4. The predicted molar refractivity (Wildman–Crippen MR) is 183 cm³/mol. The molecule has 4 aromatic carbocycles. The molecule has 48 heavy (non-hydrogen) atoms. The molecule has 1 N–H and O–H groups in total. The predicted octanol–water partition coefficient (Wildman–Crippen LogP) is 5.05. The summed E-state index contributed by atoms with van der Waals surface area (Å²) < 4.78 is 5.60. The lowest BCUT2D eigenvalue weighted by atomic mass is 9.97. The van der Waals surface area contributed by atoms with E-state index in [1.165, 1.54) is 0 Å². The average Bonchev–Trinajstić information content (AvgIpc) is 3.10. The van der Waals surface area contributed by atoms with E-state index in [-0.39, 0.29) is 49.4 Å². The number of aryl methyl sites for hydroxylation is 1. The Morgan fingerprint density at radius 3 is 2.40 bits per heavy atom. The van der Waals surface area contributed by atoms with E-state index >= 15 is 0 Å². The lowest BCUT2D eigenvalue weighted by molar-refractivity contribution is -0.205. The quantitative estimate of drug-likeness (QED) is 0.230. The number of carbonyl (C=O) groups excluding carboxylic acids is 3. The number of amides is 3. The van der Waals surface area contributed by atoms with Crippen LogP contribution in [0, 0.1) is 0 Å². The van der Waals surface area contributed by atoms with Crippen LogP contribution in [0.4, 0.5) is 0 Å². The van der Waals surface area contributed by atoms with E-state index < -0.39 is 12.2 Å². The summed E-state index contributed by atoms with van der Waals surface area (Å²) in [5, 5.41) is 13.3. The van der Waals surface area contributed by atoms with Crippen LogP contribution in [0.2, 0.25) is 0 Å². The van der Waals surface area contributed by atoms with E-state index in [2.05, 4.69) is 6.58 Å². The van der Waals surface area contributed by atoms with Crippen molar-refractivity contribution in [3.63, 3.8) is 0 Å². The molecule has 2 fully saturated rings. The van der Waals surface area contributed by atoms with Gasteiger partial charge in [-0.3, -0.25) is 14.4 Å². The molecule has 0 bridgehead atoms. The number of phenols is 1. The van der Waals surface area contributed by atoms with Crippen LogP contribution in [0.15, 0.2) is 116 Å². The third-order valence-electron chi connectivity index (χ3n) is 8.98. The van der Waals surface area contributed by atoms with Crippen molar-refractivity contribution in [3.8, 4) is 22.6 Å². The highest BCUT2D eigenvalue weighted by Crippen LogP contribution is 2.33. The molecule has 2 saturated heterocycles. The highest BCUT2D eigenvalue weighted by molar-refractivity contribution is 5.92. The van der Waals surface area contributed by atoms with E-state index in [1.54, 1.807) is 57.3 Å². The Hall–Kier alpha value is -5.41. The summed E-state index contributed by atoms with van der Waals surface area (Å²) >= 11 is 0. The maximum Gasteiger partial charge on any atom is 0.246 e. The summed E-state index contributed by atoms with van der Waals surface area (Å²) in [5.41, 5.74) is 4.66. The number of methoxy groups -OCH3 is 1. The number of carbonyl (C=O) groups is 3. The highest BCUT2D eigenvalue weighted by Gasteiger charge is 2.51. The van der Waals surface area contributed by atoms with Crippen molar-refractivity contribution in [2.75, 3.05) is 26.7 Å². The number of piperazine rings is 1. The van der Waals surface area contributed by atoms with Crippen LogP contribution in [0.5, 0.6) is 11.5 Å². The number of para-hydroxylation sites is 1. The number of nitrogens with zero attached hydrogens (tertiary/aromatic N) is 4. The summed E-state index contributed by atoms with van der Waals surface area (Å²) in [5.74, 6) is 0.334. The third kappa shape index (κ3) is 6.96. The summed E-state index contributed by atoms with van der Waals surface area (Å²) in [4.78, 5) is 45.7. The van der Waals surface area contributed by atoms with Gasteiger partial charge in [-0.1, -0.05) is 84.9 Å². The van der Waals surface area contributed by atoms with Gasteiger partial charge in [0, 0.05) is 31.5 Å². The molecule has 2 aliphatic rings. The Balaban J connectivity index is 1.35. The topological polar surface area (TPSA) is 93.6 Å². The van der Waals surface area contributed by atoms with Gasteiger partial charge in [-0.25, -0.2) is 10.0 Å². The first kappa shape index (κ1) is 32.5. The van der Waals surface area contributed by atoms with Gasteiger partial charge >= 0.3 is 0 Å². The molecule has 2 atom stereocenters. The van der Waals surface area contributed by atoms with E-state index in [4.69, 9.17) is 4.74 Å². The lowest BCUT2D eigenvalue weighted by Crippen LogP contribution is -2.75. The molecule has 6 rings (SSSR count). The zero-order chi connectivity index (χ0) is 33.6. The molecular weight excluding hydrogens is 604 g/mol. The van der Waals surface area contributed by atoms with Gasteiger partial charge in [-0.05, 0) is 52.9 Å². The molecular formula is C39H40N4O5. The monoisotopic (exact) mass is 644 g/mol. The second-order valence-corrected chi connectivity index (χ2v) is 12.1. The lowest BCUT2D eigenvalue weighted by Gasteiger charge is -2.55. The first-order valence-electron chi connectivity index (χ1n) is 16.2. The molecule has 4 aromatic rings. The molecule has 2 heterocycles. The third-order valence-corrected chi connectivity index (χ3v) is 8.98. The van der Waals surface area contributed by atoms with Gasteiger partial charge in [0.2, 0.25) is 17.7 Å². The Bertz CT molecular complexity index is 1780. The van der Waals surface area contributed by atoms with E-state index in [1.807, 2.05) is 78.9 Å². The van der Waals surface area contributed by atoms with Crippen molar-refractivity contribution in [1.29, 1.82) is 0 Å². The van der Waals surface area contributed by atoms with Crippen molar-refractivity contribution in [3.05, 3.63) is 132 Å². The van der Waals surface area contributed by atoms with Crippen LogP contribution >= 0.6 is 0 Å². The van der Waals surface area contributed by atoms with Crippen LogP contribution in [0.3, 0.4) is 0 Å². The van der Waals surface area contributed by atoms with E-state index in [9.17, 15) is 19.5 Å². The van der Waals surface area contributed by atoms with E-state index in [0.29, 0.717) is 19.5 Å². The van der Waals surface area contributed by atoms with Gasteiger partial charge < -0.3 is 19.6 Å². The molecule has 9 heteroatoms. The van der Waals surface area contributed by atoms with Crippen LogP contribution in [0.1, 0.15) is 23.1 Å².